The van der Waals surface area contributed by atoms with Gasteiger partial charge in [0.1, 0.15) is 17.6 Å². The van der Waals surface area contributed by atoms with E-state index in [4.69, 9.17) is 15.2 Å². The number of imidazole rings is 1. The van der Waals surface area contributed by atoms with Crippen LogP contribution in [0.4, 0.5) is 0 Å². The summed E-state index contributed by atoms with van der Waals surface area (Å²) in [4.78, 5) is 4.25. The van der Waals surface area contributed by atoms with Crippen LogP contribution >= 0.6 is 0 Å². The van der Waals surface area contributed by atoms with Crippen LogP contribution in [-0.4, -0.2) is 16.7 Å². The molecule has 0 amide bonds. The second kappa shape index (κ2) is 5.77. The van der Waals surface area contributed by atoms with Crippen molar-refractivity contribution in [3.63, 3.8) is 0 Å². The van der Waals surface area contributed by atoms with Crippen LogP contribution in [0.1, 0.15) is 43.2 Å². The fourth-order valence-electron chi connectivity index (χ4n) is 2.82. The van der Waals surface area contributed by atoms with Crippen LogP contribution < -0.4 is 15.2 Å². The molecular weight excluding hydrogens is 266 g/mol. The summed E-state index contributed by atoms with van der Waals surface area (Å²) >= 11 is 0. The topological polar surface area (TPSA) is 62.3 Å². The highest BCUT2D eigenvalue weighted by Gasteiger charge is 2.29. The van der Waals surface area contributed by atoms with Gasteiger partial charge in [0.05, 0.1) is 25.3 Å². The molecule has 21 heavy (non-hydrogen) atoms. The third-order valence-corrected chi connectivity index (χ3v) is 3.90. The van der Waals surface area contributed by atoms with Crippen molar-refractivity contribution >= 4 is 0 Å². The van der Waals surface area contributed by atoms with Gasteiger partial charge in [-0.1, -0.05) is 13.0 Å². The van der Waals surface area contributed by atoms with Crippen LogP contribution in [-0.2, 0) is 6.54 Å². The van der Waals surface area contributed by atoms with Gasteiger partial charge in [-0.05, 0) is 12.5 Å². The molecule has 0 aliphatic carbocycles. The van der Waals surface area contributed by atoms with Crippen molar-refractivity contribution in [2.45, 2.75) is 38.5 Å². The quantitative estimate of drug-likeness (QED) is 0.939. The van der Waals surface area contributed by atoms with Gasteiger partial charge in [-0.3, -0.25) is 0 Å². The summed E-state index contributed by atoms with van der Waals surface area (Å²) in [6, 6.07) is 5.78. The normalized spacial score (nSPS) is 20.7. The van der Waals surface area contributed by atoms with Gasteiger partial charge < -0.3 is 19.8 Å². The van der Waals surface area contributed by atoms with Crippen molar-refractivity contribution in [1.82, 2.24) is 9.55 Å². The first-order valence-electron chi connectivity index (χ1n) is 7.33. The molecule has 2 aromatic rings. The Hall–Kier alpha value is -2.01. The molecule has 1 aliphatic heterocycles. The number of aryl methyl sites for hydroxylation is 1. The van der Waals surface area contributed by atoms with Crippen LogP contribution in [0.25, 0.3) is 0 Å². The SMILES string of the molecule is CCCn1cncc1C1C[C@@H](N)c2ccc(OC)cc2O1. The number of nitrogens with two attached hydrogens (primary N) is 1. The van der Waals surface area contributed by atoms with E-state index >= 15 is 0 Å². The molecule has 1 aliphatic rings. The summed E-state index contributed by atoms with van der Waals surface area (Å²) in [5, 5.41) is 0. The Morgan fingerprint density at radius 3 is 3.10 bits per heavy atom. The summed E-state index contributed by atoms with van der Waals surface area (Å²) < 4.78 is 13.6. The van der Waals surface area contributed by atoms with E-state index in [2.05, 4.69) is 16.5 Å². The van der Waals surface area contributed by atoms with E-state index in [1.807, 2.05) is 30.7 Å². The van der Waals surface area contributed by atoms with Gasteiger partial charge in [-0.15, -0.1) is 0 Å². The molecule has 5 heteroatoms. The zero-order chi connectivity index (χ0) is 14.8. The Labute approximate surface area is 124 Å². The molecule has 2 N–H and O–H groups in total. The van der Waals surface area contributed by atoms with Crippen LogP contribution in [0, 0.1) is 0 Å². The van der Waals surface area contributed by atoms with E-state index in [-0.39, 0.29) is 12.1 Å². The molecule has 0 spiro atoms. The van der Waals surface area contributed by atoms with Gasteiger partial charge in [-0.2, -0.15) is 0 Å². The van der Waals surface area contributed by atoms with Crippen molar-refractivity contribution in [2.24, 2.45) is 5.73 Å². The fraction of sp³-hybridized carbons (Fsp3) is 0.438. The summed E-state index contributed by atoms with van der Waals surface area (Å²) in [7, 11) is 1.65. The lowest BCUT2D eigenvalue weighted by Gasteiger charge is -2.31. The van der Waals surface area contributed by atoms with Gasteiger partial charge in [0.15, 0.2) is 0 Å². The van der Waals surface area contributed by atoms with Crippen molar-refractivity contribution in [3.05, 3.63) is 42.0 Å². The molecule has 1 unspecified atom stereocenters. The fourth-order valence-corrected chi connectivity index (χ4v) is 2.82. The van der Waals surface area contributed by atoms with E-state index in [0.29, 0.717) is 0 Å². The smallest absolute Gasteiger partial charge is 0.142 e. The Balaban J connectivity index is 1.91. The summed E-state index contributed by atoms with van der Waals surface area (Å²) in [5.41, 5.74) is 8.43. The molecule has 0 radical (unpaired) electrons. The molecule has 0 fully saturated rings. The van der Waals surface area contributed by atoms with Gasteiger partial charge in [0.25, 0.3) is 0 Å². The number of methoxy groups -OCH3 is 1. The van der Waals surface area contributed by atoms with Gasteiger partial charge >= 0.3 is 0 Å². The first-order chi connectivity index (χ1) is 10.2. The average molecular weight is 287 g/mol. The molecule has 0 saturated carbocycles. The highest BCUT2D eigenvalue weighted by atomic mass is 16.5. The Bertz CT molecular complexity index is 624. The van der Waals surface area contributed by atoms with Gasteiger partial charge in [0, 0.05) is 30.6 Å². The second-order valence-electron chi connectivity index (χ2n) is 5.36. The average Bonchev–Trinajstić information content (AvgIpc) is 2.95. The third-order valence-electron chi connectivity index (χ3n) is 3.90. The highest BCUT2D eigenvalue weighted by molar-refractivity contribution is 5.44. The van der Waals surface area contributed by atoms with E-state index in [1.165, 1.54) is 0 Å². The predicted molar refractivity (Wildman–Crippen MR) is 80.4 cm³/mol. The second-order valence-corrected chi connectivity index (χ2v) is 5.36. The lowest BCUT2D eigenvalue weighted by atomic mass is 9.96. The van der Waals surface area contributed by atoms with E-state index in [0.717, 1.165) is 42.1 Å². The number of aromatic nitrogens is 2. The zero-order valence-corrected chi connectivity index (χ0v) is 12.5. The van der Waals surface area contributed by atoms with Gasteiger partial charge in [0.2, 0.25) is 0 Å². The van der Waals surface area contributed by atoms with Crippen molar-refractivity contribution in [1.29, 1.82) is 0 Å². The van der Waals surface area contributed by atoms with E-state index in [9.17, 15) is 0 Å². The number of hydrogen-bond acceptors (Lipinski definition) is 4. The molecule has 0 bridgehead atoms. The van der Waals surface area contributed by atoms with Crippen molar-refractivity contribution < 1.29 is 9.47 Å². The molecule has 0 saturated heterocycles. The highest BCUT2D eigenvalue weighted by Crippen LogP contribution is 2.41. The van der Waals surface area contributed by atoms with Crippen LogP contribution in [0.5, 0.6) is 11.5 Å². The number of hydrogen-bond donors (Lipinski definition) is 1. The van der Waals surface area contributed by atoms with Crippen LogP contribution in [0.15, 0.2) is 30.7 Å². The largest absolute Gasteiger partial charge is 0.497 e. The van der Waals surface area contributed by atoms with E-state index < -0.39 is 0 Å². The number of nitrogens with zero attached hydrogens (tertiary/aromatic N) is 2. The number of ether oxygens (including phenoxy) is 2. The lowest BCUT2D eigenvalue weighted by Crippen LogP contribution is -2.25. The maximum absolute atomic E-state index is 6.31. The van der Waals surface area contributed by atoms with E-state index in [1.54, 1.807) is 7.11 Å². The minimum atomic E-state index is -0.0614. The third kappa shape index (κ3) is 2.61. The Morgan fingerprint density at radius 1 is 1.48 bits per heavy atom. The Morgan fingerprint density at radius 2 is 2.33 bits per heavy atom. The Kier molecular flexibility index (Phi) is 3.84. The predicted octanol–water partition coefficient (Wildman–Crippen LogP) is 2.83. The number of fused-ring (bicyclic) bond motifs is 1. The molecule has 2 heterocycles. The molecule has 1 aromatic heterocycles. The monoisotopic (exact) mass is 287 g/mol. The first-order valence-corrected chi connectivity index (χ1v) is 7.33. The minimum absolute atomic E-state index is 0.0327. The molecule has 5 nitrogen and oxygen atoms in total. The lowest BCUT2D eigenvalue weighted by molar-refractivity contribution is 0.152. The standard InChI is InChI=1S/C16H21N3O2/c1-3-6-19-10-18-9-14(19)16-8-13(17)12-5-4-11(20-2)7-15(12)21-16/h4-5,7,9-10,13,16H,3,6,8,17H2,1-2H3/t13-,16?/m1/s1. The summed E-state index contributed by atoms with van der Waals surface area (Å²) in [6.45, 7) is 3.09. The van der Waals surface area contributed by atoms with Crippen LogP contribution in [0.3, 0.4) is 0 Å². The molecular formula is C16H21N3O2. The zero-order valence-electron chi connectivity index (χ0n) is 12.5. The number of benzene rings is 1. The summed E-state index contributed by atoms with van der Waals surface area (Å²) in [5.74, 6) is 1.59. The number of rotatable bonds is 4. The molecule has 1 aromatic carbocycles. The summed E-state index contributed by atoms with van der Waals surface area (Å²) in [6.07, 6.45) is 5.49. The molecule has 3 rings (SSSR count). The molecule has 2 atom stereocenters. The maximum Gasteiger partial charge on any atom is 0.142 e. The van der Waals surface area contributed by atoms with Crippen molar-refractivity contribution in [3.8, 4) is 11.5 Å². The van der Waals surface area contributed by atoms with Crippen molar-refractivity contribution in [2.75, 3.05) is 7.11 Å². The van der Waals surface area contributed by atoms with Gasteiger partial charge in [-0.25, -0.2) is 4.98 Å². The minimum Gasteiger partial charge on any atom is -0.497 e. The maximum atomic E-state index is 6.31. The molecule has 112 valence electrons. The van der Waals surface area contributed by atoms with Crippen LogP contribution in [0.2, 0.25) is 0 Å². The first kappa shape index (κ1) is 13.9.